The normalized spacial score (nSPS) is 18.9. The van der Waals surface area contributed by atoms with Gasteiger partial charge in [0, 0.05) is 44.0 Å². The van der Waals surface area contributed by atoms with Crippen LogP contribution in [-0.4, -0.2) is 26.4 Å². The lowest BCUT2D eigenvalue weighted by atomic mass is 9.73. The Morgan fingerprint density at radius 1 is 0.914 bits per heavy atom. The van der Waals surface area contributed by atoms with E-state index >= 15 is 0 Å². The van der Waals surface area contributed by atoms with E-state index in [0.717, 1.165) is 53.3 Å². The number of ketones is 1. The van der Waals surface area contributed by atoms with E-state index in [0.29, 0.717) is 6.42 Å². The van der Waals surface area contributed by atoms with Crippen molar-refractivity contribution < 1.29 is 4.79 Å². The highest BCUT2D eigenvalue weighted by atomic mass is 16.1. The SMILES string of the molecule is CN(C)c1ccc([C@@H]2C3=C(CC(C)(C)CC3=O)Nc3ccccc3N2CCc2ccccc2)cc1. The first-order valence-electron chi connectivity index (χ1n) is 12.5. The molecule has 3 aromatic carbocycles. The Bertz CT molecular complexity index is 1240. The maximum absolute atomic E-state index is 13.8. The van der Waals surface area contributed by atoms with Crippen LogP contribution in [0.2, 0.25) is 0 Å². The molecular weight excluding hydrogens is 430 g/mol. The number of carbonyl (C=O) groups is 1. The number of hydrogen-bond acceptors (Lipinski definition) is 4. The van der Waals surface area contributed by atoms with Gasteiger partial charge >= 0.3 is 0 Å². The standard InChI is InChI=1S/C31H35N3O/c1-31(2)20-26-29(28(35)21-31)30(23-14-16-24(17-15-23)33(3)4)34(19-18-22-10-6-5-7-11-22)27-13-9-8-12-25(27)32-26/h5-17,30,32H,18-21H2,1-4H3/t30-/m1/s1. The molecule has 0 amide bonds. The summed E-state index contributed by atoms with van der Waals surface area (Å²) in [7, 11) is 4.11. The van der Waals surface area contributed by atoms with Crippen LogP contribution in [0.1, 0.15) is 43.9 Å². The minimum absolute atomic E-state index is 0.0591. The third-order valence-electron chi connectivity index (χ3n) is 7.21. The number of benzene rings is 3. The van der Waals surface area contributed by atoms with Gasteiger partial charge < -0.3 is 15.1 Å². The van der Waals surface area contributed by atoms with Crippen molar-refractivity contribution >= 4 is 22.8 Å². The molecule has 5 rings (SSSR count). The molecule has 1 atom stereocenters. The molecule has 1 heterocycles. The van der Waals surface area contributed by atoms with Crippen LogP contribution >= 0.6 is 0 Å². The first-order chi connectivity index (χ1) is 16.8. The van der Waals surface area contributed by atoms with Crippen molar-refractivity contribution in [3.63, 3.8) is 0 Å². The molecule has 35 heavy (non-hydrogen) atoms. The van der Waals surface area contributed by atoms with E-state index < -0.39 is 0 Å². The Kier molecular flexibility index (Phi) is 6.14. The summed E-state index contributed by atoms with van der Waals surface area (Å²) in [5, 5.41) is 3.71. The topological polar surface area (TPSA) is 35.6 Å². The highest BCUT2D eigenvalue weighted by Gasteiger charge is 2.41. The first-order valence-corrected chi connectivity index (χ1v) is 12.5. The van der Waals surface area contributed by atoms with Crippen LogP contribution in [-0.2, 0) is 11.2 Å². The third kappa shape index (κ3) is 4.70. The highest BCUT2D eigenvalue weighted by Crippen LogP contribution is 2.48. The molecule has 0 bridgehead atoms. The van der Waals surface area contributed by atoms with Crippen LogP contribution in [0.5, 0.6) is 0 Å². The van der Waals surface area contributed by atoms with Gasteiger partial charge in [-0.2, -0.15) is 0 Å². The van der Waals surface area contributed by atoms with E-state index in [1.807, 2.05) is 0 Å². The number of para-hydroxylation sites is 2. The second-order valence-corrected chi connectivity index (χ2v) is 10.8. The fraction of sp³-hybridized carbons (Fsp3) is 0.323. The van der Waals surface area contributed by atoms with Gasteiger partial charge in [-0.1, -0.05) is 68.4 Å². The summed E-state index contributed by atoms with van der Waals surface area (Å²) in [4.78, 5) is 18.3. The molecule has 0 aromatic heterocycles. The van der Waals surface area contributed by atoms with Crippen LogP contribution in [0.15, 0.2) is 90.1 Å². The summed E-state index contributed by atoms with van der Waals surface area (Å²) < 4.78 is 0. The van der Waals surface area contributed by atoms with Gasteiger partial charge in [0.15, 0.2) is 5.78 Å². The predicted molar refractivity (Wildman–Crippen MR) is 146 cm³/mol. The van der Waals surface area contributed by atoms with E-state index in [-0.39, 0.29) is 17.2 Å². The number of rotatable bonds is 5. The maximum Gasteiger partial charge on any atom is 0.163 e. The molecule has 1 aliphatic carbocycles. The number of nitrogens with one attached hydrogen (secondary N) is 1. The van der Waals surface area contributed by atoms with E-state index in [1.54, 1.807) is 0 Å². The van der Waals surface area contributed by atoms with Gasteiger partial charge in [-0.25, -0.2) is 0 Å². The van der Waals surface area contributed by atoms with E-state index in [9.17, 15) is 4.79 Å². The summed E-state index contributed by atoms with van der Waals surface area (Å²) in [5.41, 5.74) is 7.76. The molecule has 0 radical (unpaired) electrons. The van der Waals surface area contributed by atoms with Crippen molar-refractivity contribution in [2.45, 2.75) is 39.2 Å². The molecule has 0 spiro atoms. The van der Waals surface area contributed by atoms with Gasteiger partial charge in [0.25, 0.3) is 0 Å². The molecule has 1 aliphatic heterocycles. The second kappa shape index (κ2) is 9.26. The van der Waals surface area contributed by atoms with Crippen molar-refractivity contribution in [2.75, 3.05) is 35.8 Å². The minimum Gasteiger partial charge on any atom is -0.378 e. The largest absolute Gasteiger partial charge is 0.378 e. The molecule has 3 aromatic rings. The van der Waals surface area contributed by atoms with Gasteiger partial charge in [-0.15, -0.1) is 0 Å². The monoisotopic (exact) mass is 465 g/mol. The summed E-state index contributed by atoms with van der Waals surface area (Å²) in [6, 6.07) is 27.7. The number of Topliss-reactive ketones (excluding diaryl/α,β-unsaturated/α-hetero) is 1. The van der Waals surface area contributed by atoms with Crippen LogP contribution in [0, 0.1) is 5.41 Å². The zero-order valence-electron chi connectivity index (χ0n) is 21.2. The van der Waals surface area contributed by atoms with Crippen molar-refractivity contribution in [1.29, 1.82) is 0 Å². The number of anilines is 3. The van der Waals surface area contributed by atoms with Gasteiger partial charge in [0.1, 0.15) is 0 Å². The van der Waals surface area contributed by atoms with E-state index in [4.69, 9.17) is 0 Å². The summed E-state index contributed by atoms with van der Waals surface area (Å²) in [5.74, 6) is 0.253. The zero-order chi connectivity index (χ0) is 24.6. The fourth-order valence-corrected chi connectivity index (χ4v) is 5.50. The quantitative estimate of drug-likeness (QED) is 0.460. The molecule has 0 unspecified atom stereocenters. The lowest BCUT2D eigenvalue weighted by Gasteiger charge is -2.38. The lowest BCUT2D eigenvalue weighted by molar-refractivity contribution is -0.118. The summed E-state index contributed by atoms with van der Waals surface area (Å²) >= 11 is 0. The number of fused-ring (bicyclic) bond motifs is 1. The van der Waals surface area contributed by atoms with Gasteiger partial charge in [-0.3, -0.25) is 4.79 Å². The summed E-state index contributed by atoms with van der Waals surface area (Å²) in [6.07, 6.45) is 2.34. The van der Waals surface area contributed by atoms with Crippen molar-refractivity contribution in [3.8, 4) is 0 Å². The van der Waals surface area contributed by atoms with Crippen LogP contribution in [0.3, 0.4) is 0 Å². The number of allylic oxidation sites excluding steroid dienone is 1. The molecule has 4 nitrogen and oxygen atoms in total. The lowest BCUT2D eigenvalue weighted by Crippen LogP contribution is -2.37. The first kappa shape index (κ1) is 23.2. The Morgan fingerprint density at radius 3 is 2.31 bits per heavy atom. The number of carbonyl (C=O) groups excluding carboxylic acids is 1. The van der Waals surface area contributed by atoms with Crippen LogP contribution in [0.4, 0.5) is 17.1 Å². The third-order valence-corrected chi connectivity index (χ3v) is 7.21. The smallest absolute Gasteiger partial charge is 0.163 e. The summed E-state index contributed by atoms with van der Waals surface area (Å²) in [6.45, 7) is 5.21. The van der Waals surface area contributed by atoms with Gasteiger partial charge in [0.2, 0.25) is 0 Å². The molecule has 4 heteroatoms. The predicted octanol–water partition coefficient (Wildman–Crippen LogP) is 6.61. The number of hydrogen-bond donors (Lipinski definition) is 1. The minimum atomic E-state index is -0.135. The van der Waals surface area contributed by atoms with Crippen LogP contribution in [0.25, 0.3) is 0 Å². The average molecular weight is 466 g/mol. The molecular formula is C31H35N3O. The molecule has 0 saturated heterocycles. The zero-order valence-corrected chi connectivity index (χ0v) is 21.2. The second-order valence-electron chi connectivity index (χ2n) is 10.8. The molecule has 0 fully saturated rings. The van der Waals surface area contributed by atoms with E-state index in [1.165, 1.54) is 5.56 Å². The van der Waals surface area contributed by atoms with Crippen molar-refractivity contribution in [1.82, 2.24) is 0 Å². The maximum atomic E-state index is 13.8. The van der Waals surface area contributed by atoms with Crippen LogP contribution < -0.4 is 15.1 Å². The molecule has 1 N–H and O–H groups in total. The number of nitrogens with zero attached hydrogens (tertiary/aromatic N) is 2. The Morgan fingerprint density at radius 2 is 1.60 bits per heavy atom. The fourth-order valence-electron chi connectivity index (χ4n) is 5.50. The van der Waals surface area contributed by atoms with Crippen molar-refractivity contribution in [2.24, 2.45) is 5.41 Å². The molecule has 2 aliphatic rings. The van der Waals surface area contributed by atoms with Crippen molar-refractivity contribution in [3.05, 3.63) is 101 Å². The average Bonchev–Trinajstić information content (AvgIpc) is 2.97. The van der Waals surface area contributed by atoms with Gasteiger partial charge in [-0.05, 0) is 53.6 Å². The van der Waals surface area contributed by atoms with Gasteiger partial charge in [0.05, 0.1) is 17.4 Å². The molecule has 180 valence electrons. The highest BCUT2D eigenvalue weighted by molar-refractivity contribution is 6.01. The van der Waals surface area contributed by atoms with E-state index in [2.05, 4.69) is 122 Å². The Labute approximate surface area is 209 Å². The molecule has 0 saturated carbocycles. The Hall–Kier alpha value is -3.53. The Balaban J connectivity index is 1.66.